The average Bonchev–Trinajstić information content (AvgIpc) is 0.770. The van der Waals surface area contributed by atoms with E-state index in [2.05, 4.69) is 37.2 Å². The topological polar surface area (TPSA) is 530 Å². The van der Waals surface area contributed by atoms with Crippen molar-refractivity contribution in [3.63, 3.8) is 0 Å². The average molecular weight is 1440 g/mol. The van der Waals surface area contributed by atoms with E-state index in [1.165, 1.54) is 26.1 Å². The highest BCUT2D eigenvalue weighted by Gasteiger charge is 2.51. The predicted molar refractivity (Wildman–Crippen MR) is 345 cm³/mol. The molecule has 7 heterocycles. The van der Waals surface area contributed by atoms with Gasteiger partial charge < -0.3 is 128 Å². The predicted octanol–water partition coefficient (Wildman–Crippen LogP) is -0.282. The van der Waals surface area contributed by atoms with Gasteiger partial charge in [-0.1, -0.05) is 55.2 Å². The number of phenolic OH excluding ortho intramolecular Hbond substituents is 3. The van der Waals surface area contributed by atoms with E-state index in [0.717, 1.165) is 66.7 Å². The zero-order valence-corrected chi connectivity index (χ0v) is 55.0. The molecule has 536 valence electrons. The van der Waals surface area contributed by atoms with Gasteiger partial charge in [-0.25, -0.2) is 4.79 Å². The first-order valence-corrected chi connectivity index (χ1v) is 31.9. The third-order valence-corrected chi connectivity index (χ3v) is 18.1. The number of nitrogens with one attached hydrogen (secondary N) is 7. The summed E-state index contributed by atoms with van der Waals surface area (Å²) in [5.74, 6) is -16.0. The fraction of sp³-hybridized carbons (Fsp3) is 0.415. The van der Waals surface area contributed by atoms with Crippen molar-refractivity contribution in [2.24, 2.45) is 17.4 Å². The number of hydrogen-bond acceptors (Lipinski definition) is 25. The highest BCUT2D eigenvalue weighted by Crippen LogP contribution is 2.50. The molecule has 5 aromatic carbocycles. The number of carboxylic acids is 1. The number of primary amides is 1. The van der Waals surface area contributed by atoms with Gasteiger partial charge >= 0.3 is 5.97 Å². The van der Waals surface area contributed by atoms with E-state index in [1.807, 2.05) is 13.8 Å². The smallest absolute Gasteiger partial charge is 0.330 e. The lowest BCUT2D eigenvalue weighted by Crippen LogP contribution is -2.63. The molecule has 21 N–H and O–H groups in total. The summed E-state index contributed by atoms with van der Waals surface area (Å²) in [7, 11) is 1.47. The second-order valence-corrected chi connectivity index (χ2v) is 26.1. The molecule has 12 rings (SSSR count). The van der Waals surface area contributed by atoms with E-state index in [0.29, 0.717) is 0 Å². The Morgan fingerprint density at radius 2 is 1.33 bits per heavy atom. The van der Waals surface area contributed by atoms with Crippen molar-refractivity contribution in [3.05, 3.63) is 117 Å². The van der Waals surface area contributed by atoms with Crippen molar-refractivity contribution in [1.29, 1.82) is 0 Å². The number of aliphatic hydroxyl groups is 6. The van der Waals surface area contributed by atoms with Crippen molar-refractivity contribution in [2.75, 3.05) is 20.3 Å². The first-order chi connectivity index (χ1) is 47.2. The Kier molecular flexibility index (Phi) is 22.0. The highest BCUT2D eigenvalue weighted by molar-refractivity contribution is 6.32. The number of aromatic hydroxyl groups is 3. The quantitative estimate of drug-likeness (QED) is 0.0721. The molecule has 0 unspecified atom stereocenters. The van der Waals surface area contributed by atoms with Crippen LogP contribution in [0.5, 0.6) is 46.0 Å². The zero-order valence-electron chi connectivity index (χ0n) is 53.5. The molecule has 33 nitrogen and oxygen atoms in total. The van der Waals surface area contributed by atoms with Crippen molar-refractivity contribution in [3.8, 4) is 57.1 Å². The van der Waals surface area contributed by atoms with E-state index in [9.17, 15) is 75.0 Å². The number of carbonyl (C=O) groups excluding carboxylic acids is 7. The highest BCUT2D eigenvalue weighted by atomic mass is 35.5. The summed E-state index contributed by atoms with van der Waals surface area (Å²) in [6.45, 7) is 3.78. The van der Waals surface area contributed by atoms with Crippen molar-refractivity contribution >= 4 is 70.5 Å². The van der Waals surface area contributed by atoms with Gasteiger partial charge in [0.25, 0.3) is 0 Å². The second-order valence-electron chi connectivity index (χ2n) is 25.3. The number of carboxylic acid groups (broad SMARTS) is 1. The van der Waals surface area contributed by atoms with Crippen molar-refractivity contribution in [1.82, 2.24) is 37.2 Å². The molecule has 5 aromatic rings. The molecule has 0 aromatic heterocycles. The second kappa shape index (κ2) is 29.9. The molecule has 11 bridgehead atoms. The van der Waals surface area contributed by atoms with Gasteiger partial charge in [0, 0.05) is 34.7 Å². The Labute approximate surface area is 577 Å². The lowest BCUT2D eigenvalue weighted by molar-refractivity contribution is -0.326. The summed E-state index contributed by atoms with van der Waals surface area (Å²) in [6, 6.07) is -0.678. The molecular formula is C65H73Cl2N9O24. The van der Waals surface area contributed by atoms with Gasteiger partial charge in [0.05, 0.1) is 41.8 Å². The number of aliphatic hydroxyl groups excluding tert-OH is 6. The number of rotatable bonds is 13. The summed E-state index contributed by atoms with van der Waals surface area (Å²) in [6.07, 6.45) is -17.4. The zero-order chi connectivity index (χ0) is 72.7. The number of halogens is 2. The molecule has 0 aliphatic carbocycles. The first kappa shape index (κ1) is 73.5. The number of fused-ring (bicyclic) bond motifs is 15. The Hall–Kier alpha value is -9.20. The first-order valence-electron chi connectivity index (χ1n) is 31.2. The number of likely N-dealkylation sites (N-methyl/N-ethyl adjacent to an activating group) is 1. The van der Waals surface area contributed by atoms with Crippen LogP contribution in [0.4, 0.5) is 0 Å². The number of hydrogen-bond donors (Lipinski definition) is 19. The largest absolute Gasteiger partial charge is 0.508 e. The summed E-state index contributed by atoms with van der Waals surface area (Å²) in [5, 5.41) is 130. The Bertz CT molecular complexity index is 4040. The summed E-state index contributed by atoms with van der Waals surface area (Å²) in [4.78, 5) is 117. The molecule has 2 fully saturated rings. The monoisotopic (exact) mass is 1430 g/mol. The van der Waals surface area contributed by atoms with Crippen LogP contribution in [0.15, 0.2) is 78.9 Å². The van der Waals surface area contributed by atoms with E-state index in [-0.39, 0.29) is 52.8 Å². The third kappa shape index (κ3) is 15.6. The number of phenols is 3. The minimum absolute atomic E-state index is 0.0965. The number of aliphatic carboxylic acids is 1. The number of amides is 7. The molecule has 7 amide bonds. The van der Waals surface area contributed by atoms with Gasteiger partial charge in [-0.2, -0.15) is 0 Å². The molecule has 0 saturated carbocycles. The lowest BCUT2D eigenvalue weighted by atomic mass is 9.89. The summed E-state index contributed by atoms with van der Waals surface area (Å²) >= 11 is 14.1. The van der Waals surface area contributed by atoms with Gasteiger partial charge in [-0.15, -0.1) is 0 Å². The Balaban J connectivity index is 1.24. The molecule has 17 atom stereocenters. The Morgan fingerprint density at radius 1 is 0.720 bits per heavy atom. The van der Waals surface area contributed by atoms with Crippen LogP contribution < -0.4 is 62.9 Å². The van der Waals surface area contributed by atoms with Gasteiger partial charge in [0.15, 0.2) is 29.9 Å². The molecule has 7 aliphatic heterocycles. The van der Waals surface area contributed by atoms with E-state index in [4.69, 9.17) is 63.1 Å². The Morgan fingerprint density at radius 3 is 1.92 bits per heavy atom. The molecule has 35 heteroatoms. The standard InChI is InChI=1S/C65H73Cl2N9O24/c1-23(2)11-33(70-4)57(87)75-49-51(83)25-6-9-37(31(66)13-25)96-39-15-27-16-40(55(39)100-64-56(54(86)53(85)41(21-77)98-64)99-44-20-65(3,69)42(81)22-95-44)97-38-10-7-26(14-32(38)67)52(84)50-62(92)74-48(63(93)94)30-17-28(78)18-36(80)45(30)29-12-24(5-8-35(29)79)46(59(89)76-50)73-60(90)47(27)72-58(88)34(19-43(68)82)71-61(49)91/h5-10,12-18,23,33-34,41-42,44,46-54,56,64,70,77-81,83-86H,11,19-22,69H2,1-4H3,(H2,68,82)(H,71,91)(H,72,88)(H,73,90)(H,74,92)(H,75,87)(H,76,89)(H,93,94)/t33-,34+,41-,42-,44+,46-,47-,48+,49-,50+,51-,52-,53-,54+,56-,64+,65+/m1/s1. The van der Waals surface area contributed by atoms with Crippen LogP contribution in [-0.4, -0.2) is 191 Å². The van der Waals surface area contributed by atoms with Crippen molar-refractivity contribution < 1.29 is 118 Å². The molecule has 100 heavy (non-hydrogen) atoms. The number of ether oxygens (including phenoxy) is 6. The van der Waals surface area contributed by atoms with Gasteiger partial charge in [0.2, 0.25) is 53.4 Å². The summed E-state index contributed by atoms with van der Waals surface area (Å²) in [5.41, 5.74) is 7.94. The van der Waals surface area contributed by atoms with Gasteiger partial charge in [-0.05, 0) is 103 Å². The van der Waals surface area contributed by atoms with E-state index < -0.39 is 231 Å². The van der Waals surface area contributed by atoms with Crippen LogP contribution in [0.1, 0.15) is 98.2 Å². The molecular weight excluding hydrogens is 1360 g/mol. The maximum absolute atomic E-state index is 16.0. The van der Waals surface area contributed by atoms with Gasteiger partial charge in [0.1, 0.15) is 89.5 Å². The molecule has 0 radical (unpaired) electrons. The van der Waals surface area contributed by atoms with Crippen LogP contribution in [0.2, 0.25) is 10.0 Å². The van der Waals surface area contributed by atoms with Crippen LogP contribution in [0.25, 0.3) is 11.1 Å². The number of benzene rings is 5. The van der Waals surface area contributed by atoms with Crippen molar-refractivity contribution in [2.45, 2.75) is 143 Å². The fourth-order valence-corrected chi connectivity index (χ4v) is 12.5. The molecule has 0 spiro atoms. The van der Waals surface area contributed by atoms with Crippen LogP contribution in [0, 0.1) is 5.92 Å². The number of nitrogens with two attached hydrogens (primary N) is 2. The lowest BCUT2D eigenvalue weighted by Gasteiger charge is -2.45. The van der Waals surface area contributed by atoms with Crippen LogP contribution >= 0.6 is 23.2 Å². The fourth-order valence-electron chi connectivity index (χ4n) is 12.1. The van der Waals surface area contributed by atoms with E-state index >= 15 is 14.4 Å². The molecule has 2 saturated heterocycles. The minimum atomic E-state index is -2.34. The van der Waals surface area contributed by atoms with Crippen LogP contribution in [-0.2, 0) is 52.6 Å². The SMILES string of the molecule is CN[C@H](CC(C)C)C(=O)N[C@H]1C(=O)N[C@@H](CC(N)=O)C(=O)N[C@H]2C(=O)N[C@H]3C(=O)N[C@H](C(=O)N[C@H](C(=O)O)c4cc(O)cc(O)c4-c4cc3ccc4O)[C@H](O)c3ccc(c(Cl)c3)Oc3cc2cc(c3O[C@@H]2O[C@H](CO)[C@@H](O)[C@H](O)[C@H]2O[C@H]2C[C@](C)(N)[C@H](O)CO2)Oc2ccc(cc2Cl)[C@H]1O. The van der Waals surface area contributed by atoms with Gasteiger partial charge in [-0.3, -0.25) is 33.6 Å². The molecule has 7 aliphatic rings. The number of carbonyl (C=O) groups is 8. The summed E-state index contributed by atoms with van der Waals surface area (Å²) < 4.78 is 37.9. The normalized spacial score (nSPS) is 28.9. The maximum Gasteiger partial charge on any atom is 0.330 e. The van der Waals surface area contributed by atoms with Crippen LogP contribution in [0.3, 0.4) is 0 Å². The third-order valence-electron chi connectivity index (χ3n) is 17.5. The van der Waals surface area contributed by atoms with E-state index in [1.54, 1.807) is 0 Å². The maximum atomic E-state index is 16.0. The minimum Gasteiger partial charge on any atom is -0.508 e.